The number of hydrogen-bond donors (Lipinski definition) is 0. The Balaban J connectivity index is 0. The molecule has 1 aromatic rings. The number of rotatable bonds is 1. The smallest absolute Gasteiger partial charge is 0.132 e. The molecule has 92 valence electrons. The minimum Gasteiger partial charge on any atom is -0.300 e. The third-order valence-electron chi connectivity index (χ3n) is 1.89. The van der Waals surface area contributed by atoms with Gasteiger partial charge in [0.2, 0.25) is 0 Å². The fraction of sp³-hybridized carbons (Fsp3) is 0.500. The summed E-state index contributed by atoms with van der Waals surface area (Å²) in [5.41, 5.74) is 1.35. The Hall–Kier alpha value is -0.380. The van der Waals surface area contributed by atoms with Gasteiger partial charge in [0.15, 0.2) is 0 Å². The van der Waals surface area contributed by atoms with Gasteiger partial charge in [0.25, 0.3) is 0 Å². The second kappa shape index (κ2) is 11.1. The summed E-state index contributed by atoms with van der Waals surface area (Å²) in [6, 6.07) is 8.32. The topological polar surface area (TPSA) is 17.1 Å². The number of carbonyl (C=O) groups is 1. The van der Waals surface area contributed by atoms with Gasteiger partial charge in [-0.05, 0) is 48.1 Å². The molecule has 0 atom stereocenters. The molecule has 0 bridgehead atoms. The van der Waals surface area contributed by atoms with Crippen LogP contribution in [-0.2, 0) is 4.79 Å². The van der Waals surface area contributed by atoms with Crippen LogP contribution in [0.5, 0.6) is 0 Å². The molecule has 2 heteroatoms. The number of Topliss-reactive ketones (excluding diaryl/α,β-unsaturated/α-hetero) is 1. The van der Waals surface area contributed by atoms with Gasteiger partial charge >= 0.3 is 0 Å². The molecule has 0 radical (unpaired) electrons. The van der Waals surface area contributed by atoms with E-state index in [9.17, 15) is 4.79 Å². The van der Waals surface area contributed by atoms with Crippen LogP contribution in [0.15, 0.2) is 24.3 Å². The van der Waals surface area contributed by atoms with Crippen LogP contribution in [0.2, 0.25) is 0 Å². The highest BCUT2D eigenvalue weighted by molar-refractivity contribution is 14.1. The summed E-state index contributed by atoms with van der Waals surface area (Å²) in [4.78, 5) is 10.1. The molecule has 0 spiro atoms. The fourth-order valence-corrected chi connectivity index (χ4v) is 0.938. The molecular weight excluding hydrogens is 311 g/mol. The zero-order valence-electron chi connectivity index (χ0n) is 11.2. The van der Waals surface area contributed by atoms with Crippen molar-refractivity contribution in [2.75, 3.05) is 0 Å². The summed E-state index contributed by atoms with van der Waals surface area (Å²) in [5.74, 6) is 0.472. The maximum Gasteiger partial charge on any atom is 0.132 e. The lowest BCUT2D eigenvalue weighted by molar-refractivity contribution is -0.119. The predicted molar refractivity (Wildman–Crippen MR) is 80.8 cm³/mol. The summed E-state index contributed by atoms with van der Waals surface area (Å²) in [7, 11) is 0. The lowest BCUT2D eigenvalue weighted by Crippen LogP contribution is -1.98. The molecule has 0 unspecified atom stereocenters. The average molecular weight is 334 g/mol. The third kappa shape index (κ3) is 10.1. The van der Waals surface area contributed by atoms with Gasteiger partial charge in [-0.15, -0.1) is 0 Å². The van der Waals surface area contributed by atoms with Crippen molar-refractivity contribution >= 4 is 28.4 Å². The van der Waals surface area contributed by atoms with Crippen LogP contribution in [0.3, 0.4) is 0 Å². The van der Waals surface area contributed by atoms with Crippen molar-refractivity contribution in [1.29, 1.82) is 0 Å². The highest BCUT2D eigenvalue weighted by atomic mass is 127. The Kier molecular flexibility index (Phi) is 12.5. The van der Waals surface area contributed by atoms with E-state index >= 15 is 0 Å². The summed E-state index contributed by atoms with van der Waals surface area (Å²) in [5, 5.41) is 0. The summed E-state index contributed by atoms with van der Waals surface area (Å²) >= 11 is 2.32. The molecule has 0 aliphatic rings. The first-order valence-electron chi connectivity index (χ1n) is 5.66. The van der Waals surface area contributed by atoms with Crippen molar-refractivity contribution in [2.45, 2.75) is 41.5 Å². The van der Waals surface area contributed by atoms with E-state index in [1.165, 1.54) is 9.13 Å². The van der Waals surface area contributed by atoms with Crippen LogP contribution >= 0.6 is 22.6 Å². The van der Waals surface area contributed by atoms with Crippen molar-refractivity contribution < 1.29 is 4.79 Å². The molecule has 1 aromatic carbocycles. The van der Waals surface area contributed by atoms with Crippen molar-refractivity contribution in [3.05, 3.63) is 33.4 Å². The molecule has 0 saturated carbocycles. The van der Waals surface area contributed by atoms with Gasteiger partial charge in [-0.1, -0.05) is 45.9 Å². The quantitative estimate of drug-likeness (QED) is 0.671. The molecule has 16 heavy (non-hydrogen) atoms. The summed E-state index contributed by atoms with van der Waals surface area (Å²) in [6.07, 6.45) is 0. The van der Waals surface area contributed by atoms with Gasteiger partial charge in [-0.3, -0.25) is 4.79 Å². The highest BCUT2D eigenvalue weighted by Crippen LogP contribution is 2.08. The van der Waals surface area contributed by atoms with Crippen LogP contribution in [-0.4, -0.2) is 5.78 Å². The maximum atomic E-state index is 10.1. The monoisotopic (exact) mass is 334 g/mol. The lowest BCUT2D eigenvalue weighted by Gasteiger charge is -1.91. The molecule has 0 heterocycles. The SMILES string of the molecule is CC.CC(=O)C(C)C.Cc1ccccc1I. The van der Waals surface area contributed by atoms with E-state index in [1.807, 2.05) is 27.7 Å². The largest absolute Gasteiger partial charge is 0.300 e. The van der Waals surface area contributed by atoms with E-state index in [4.69, 9.17) is 0 Å². The Morgan fingerprint density at radius 2 is 1.56 bits per heavy atom. The van der Waals surface area contributed by atoms with Crippen LogP contribution in [0.4, 0.5) is 0 Å². The summed E-state index contributed by atoms with van der Waals surface area (Å²) in [6.45, 7) is 11.5. The van der Waals surface area contributed by atoms with Crippen molar-refractivity contribution in [3.8, 4) is 0 Å². The first kappa shape index (κ1) is 18.0. The molecule has 1 rings (SSSR count). The number of benzene rings is 1. The second-order valence-corrected chi connectivity index (χ2v) is 4.68. The number of hydrogen-bond acceptors (Lipinski definition) is 1. The van der Waals surface area contributed by atoms with Crippen LogP contribution in [0.1, 0.15) is 40.2 Å². The second-order valence-electron chi connectivity index (χ2n) is 3.51. The minimum atomic E-state index is 0.213. The van der Waals surface area contributed by atoms with Crippen molar-refractivity contribution in [2.24, 2.45) is 5.92 Å². The number of aryl methyl sites for hydroxylation is 1. The first-order valence-corrected chi connectivity index (χ1v) is 6.74. The third-order valence-corrected chi connectivity index (χ3v) is 3.10. The molecule has 0 aromatic heterocycles. The van der Waals surface area contributed by atoms with E-state index in [2.05, 4.69) is 53.8 Å². The normalized spacial score (nSPS) is 8.50. The minimum absolute atomic E-state index is 0.213. The van der Waals surface area contributed by atoms with Gasteiger partial charge in [0, 0.05) is 9.49 Å². The average Bonchev–Trinajstić information content (AvgIpc) is 2.26. The molecule has 0 amide bonds. The standard InChI is InChI=1S/C7H7I.C5H10O.C2H6/c1-6-4-2-3-5-7(6)8;1-4(2)5(3)6;1-2/h2-5H,1H3;4H,1-3H3;1-2H3. The van der Waals surface area contributed by atoms with E-state index < -0.39 is 0 Å². The van der Waals surface area contributed by atoms with Crippen molar-refractivity contribution in [1.82, 2.24) is 0 Å². The molecule has 0 aliphatic carbocycles. The molecular formula is C14H23IO. The van der Waals surface area contributed by atoms with Crippen LogP contribution < -0.4 is 0 Å². The maximum absolute atomic E-state index is 10.1. The van der Waals surface area contributed by atoms with E-state index in [-0.39, 0.29) is 11.7 Å². The molecule has 0 fully saturated rings. The Labute approximate surface area is 114 Å². The van der Waals surface area contributed by atoms with Crippen molar-refractivity contribution in [3.63, 3.8) is 0 Å². The highest BCUT2D eigenvalue weighted by Gasteiger charge is 1.95. The van der Waals surface area contributed by atoms with Gasteiger partial charge in [-0.25, -0.2) is 0 Å². The zero-order valence-corrected chi connectivity index (χ0v) is 13.3. The Morgan fingerprint density at radius 1 is 1.19 bits per heavy atom. The van der Waals surface area contributed by atoms with Gasteiger partial charge in [0.1, 0.15) is 5.78 Å². The molecule has 1 nitrogen and oxygen atoms in total. The Morgan fingerprint density at radius 3 is 1.75 bits per heavy atom. The van der Waals surface area contributed by atoms with Gasteiger partial charge in [-0.2, -0.15) is 0 Å². The van der Waals surface area contributed by atoms with Crippen LogP contribution in [0, 0.1) is 16.4 Å². The zero-order chi connectivity index (χ0) is 13.1. The van der Waals surface area contributed by atoms with Gasteiger partial charge in [0.05, 0.1) is 0 Å². The number of carbonyl (C=O) groups excluding carboxylic acids is 1. The van der Waals surface area contributed by atoms with E-state index in [0.29, 0.717) is 0 Å². The first-order chi connectivity index (χ1) is 7.45. The Bertz CT molecular complexity index is 272. The van der Waals surface area contributed by atoms with Crippen LogP contribution in [0.25, 0.3) is 0 Å². The number of halogens is 1. The van der Waals surface area contributed by atoms with E-state index in [0.717, 1.165) is 0 Å². The molecule has 0 aliphatic heterocycles. The molecule has 0 N–H and O–H groups in total. The fourth-order valence-electron chi connectivity index (χ4n) is 0.551. The van der Waals surface area contributed by atoms with E-state index in [1.54, 1.807) is 6.92 Å². The lowest BCUT2D eigenvalue weighted by atomic mass is 10.1. The molecule has 0 saturated heterocycles. The van der Waals surface area contributed by atoms with Gasteiger partial charge < -0.3 is 0 Å². The predicted octanol–water partition coefficient (Wildman–Crippen LogP) is 4.86. The summed E-state index contributed by atoms with van der Waals surface area (Å²) < 4.78 is 1.34. The number of ketones is 1.